The van der Waals surface area contributed by atoms with E-state index in [1.807, 2.05) is 7.05 Å². The van der Waals surface area contributed by atoms with Crippen molar-refractivity contribution in [3.63, 3.8) is 0 Å². The Balaban J connectivity index is 2.25. The van der Waals surface area contributed by atoms with Crippen LogP contribution >= 0.6 is 11.6 Å². The van der Waals surface area contributed by atoms with Crippen LogP contribution in [-0.2, 0) is 6.42 Å². The highest BCUT2D eigenvalue weighted by molar-refractivity contribution is 6.31. The molecule has 1 aliphatic rings. The van der Waals surface area contributed by atoms with Crippen LogP contribution in [0, 0.1) is 16.0 Å². The smallest absolute Gasteiger partial charge is 0.274 e. The Bertz CT molecular complexity index is 451. The van der Waals surface area contributed by atoms with Crippen LogP contribution in [0.4, 0.5) is 5.69 Å². The summed E-state index contributed by atoms with van der Waals surface area (Å²) in [5, 5.41) is 14.8. The second-order valence-corrected chi connectivity index (χ2v) is 5.19. The van der Waals surface area contributed by atoms with E-state index < -0.39 is 0 Å². The highest BCUT2D eigenvalue weighted by Gasteiger charge is 2.29. The lowest BCUT2D eigenvalue weighted by Crippen LogP contribution is -2.30. The zero-order valence-corrected chi connectivity index (χ0v) is 11.1. The van der Waals surface area contributed by atoms with E-state index in [1.165, 1.54) is 12.5 Å². The van der Waals surface area contributed by atoms with Gasteiger partial charge in [-0.25, -0.2) is 0 Å². The Morgan fingerprint density at radius 2 is 2.28 bits per heavy atom. The van der Waals surface area contributed by atoms with Gasteiger partial charge >= 0.3 is 0 Å². The summed E-state index contributed by atoms with van der Waals surface area (Å²) < 4.78 is 0. The zero-order valence-electron chi connectivity index (χ0n) is 10.4. The van der Waals surface area contributed by atoms with E-state index in [-0.39, 0.29) is 10.6 Å². The fourth-order valence-corrected chi connectivity index (χ4v) is 3.09. The molecule has 1 aromatic rings. The van der Waals surface area contributed by atoms with Gasteiger partial charge < -0.3 is 5.32 Å². The normalized spacial score (nSPS) is 23.2. The van der Waals surface area contributed by atoms with Crippen LogP contribution in [0.15, 0.2) is 18.2 Å². The molecule has 0 heterocycles. The molecule has 1 fully saturated rings. The van der Waals surface area contributed by atoms with E-state index in [0.717, 1.165) is 12.8 Å². The first-order chi connectivity index (χ1) is 8.63. The molecule has 2 unspecified atom stereocenters. The van der Waals surface area contributed by atoms with Gasteiger partial charge in [0.2, 0.25) is 0 Å². The van der Waals surface area contributed by atoms with Crippen molar-refractivity contribution in [2.24, 2.45) is 5.92 Å². The summed E-state index contributed by atoms with van der Waals surface area (Å²) in [4.78, 5) is 10.7. The van der Waals surface area contributed by atoms with Gasteiger partial charge in [-0.05, 0) is 38.3 Å². The third-order valence-electron chi connectivity index (χ3n) is 3.79. The fraction of sp³-hybridized carbons (Fsp3) is 0.538. The predicted molar refractivity (Wildman–Crippen MR) is 72.0 cm³/mol. The minimum atomic E-state index is -0.343. The van der Waals surface area contributed by atoms with Crippen molar-refractivity contribution in [2.75, 3.05) is 7.05 Å². The van der Waals surface area contributed by atoms with Gasteiger partial charge in [-0.1, -0.05) is 24.1 Å². The topological polar surface area (TPSA) is 55.2 Å². The molecule has 2 atom stereocenters. The molecule has 0 amide bonds. The maximum absolute atomic E-state index is 11.0. The van der Waals surface area contributed by atoms with Crippen molar-refractivity contribution in [3.8, 4) is 0 Å². The third kappa shape index (κ3) is 2.65. The number of hydrogen-bond donors (Lipinski definition) is 1. The molecule has 2 rings (SSSR count). The molecular formula is C13H17ClN2O2. The van der Waals surface area contributed by atoms with Gasteiger partial charge in [0.1, 0.15) is 0 Å². The van der Waals surface area contributed by atoms with Crippen LogP contribution in [0.3, 0.4) is 0 Å². The minimum Gasteiger partial charge on any atom is -0.317 e. The maximum atomic E-state index is 11.0. The number of halogens is 1. The Morgan fingerprint density at radius 3 is 2.94 bits per heavy atom. The van der Waals surface area contributed by atoms with Gasteiger partial charge in [0.15, 0.2) is 0 Å². The summed E-state index contributed by atoms with van der Waals surface area (Å²) in [5.41, 5.74) is 0.820. The van der Waals surface area contributed by atoms with Crippen LogP contribution in [0.1, 0.15) is 24.8 Å². The molecule has 0 aliphatic heterocycles. The third-order valence-corrected chi connectivity index (χ3v) is 4.14. The van der Waals surface area contributed by atoms with Crippen molar-refractivity contribution in [1.29, 1.82) is 0 Å². The summed E-state index contributed by atoms with van der Waals surface area (Å²) in [6, 6.07) is 5.34. The summed E-state index contributed by atoms with van der Waals surface area (Å²) >= 11 is 6.12. The van der Waals surface area contributed by atoms with Gasteiger partial charge in [-0.3, -0.25) is 10.1 Å². The SMILES string of the molecule is CNC1CCCC1Cc1c(Cl)cccc1[N+](=O)[O-]. The number of hydrogen-bond acceptors (Lipinski definition) is 3. The lowest BCUT2D eigenvalue weighted by Gasteiger charge is -2.19. The van der Waals surface area contributed by atoms with E-state index >= 15 is 0 Å². The fourth-order valence-electron chi connectivity index (χ4n) is 2.84. The predicted octanol–water partition coefficient (Wildman–Crippen LogP) is 3.18. The van der Waals surface area contributed by atoms with Gasteiger partial charge in [0, 0.05) is 17.7 Å². The number of nitrogens with zero attached hydrogens (tertiary/aromatic N) is 1. The summed E-state index contributed by atoms with van der Waals surface area (Å²) in [6.45, 7) is 0. The first-order valence-corrected chi connectivity index (χ1v) is 6.60. The molecule has 18 heavy (non-hydrogen) atoms. The number of nitro groups is 1. The zero-order chi connectivity index (χ0) is 13.1. The van der Waals surface area contributed by atoms with E-state index in [2.05, 4.69) is 5.32 Å². The Kier molecular flexibility index (Phi) is 4.19. The summed E-state index contributed by atoms with van der Waals surface area (Å²) in [6.07, 6.45) is 4.10. The summed E-state index contributed by atoms with van der Waals surface area (Å²) in [5.74, 6) is 0.439. The van der Waals surface area contributed by atoms with Crippen LogP contribution < -0.4 is 5.32 Å². The van der Waals surface area contributed by atoms with E-state index in [4.69, 9.17) is 11.6 Å². The molecule has 0 bridgehead atoms. The average Bonchev–Trinajstić information content (AvgIpc) is 2.78. The second-order valence-electron chi connectivity index (χ2n) is 4.78. The maximum Gasteiger partial charge on any atom is 0.274 e. The highest BCUT2D eigenvalue weighted by Crippen LogP contribution is 2.34. The molecule has 0 aromatic heterocycles. The van der Waals surface area contributed by atoms with E-state index in [9.17, 15) is 10.1 Å². The minimum absolute atomic E-state index is 0.143. The Labute approximate surface area is 111 Å². The van der Waals surface area contributed by atoms with Crippen LogP contribution in [0.2, 0.25) is 5.02 Å². The van der Waals surface area contributed by atoms with Gasteiger partial charge in [0.25, 0.3) is 5.69 Å². The van der Waals surface area contributed by atoms with E-state index in [0.29, 0.717) is 29.0 Å². The second kappa shape index (κ2) is 5.67. The van der Waals surface area contributed by atoms with Crippen LogP contribution in [-0.4, -0.2) is 18.0 Å². The van der Waals surface area contributed by atoms with E-state index in [1.54, 1.807) is 12.1 Å². The average molecular weight is 269 g/mol. The molecular weight excluding hydrogens is 252 g/mol. The van der Waals surface area contributed by atoms with Crippen LogP contribution in [0.5, 0.6) is 0 Å². The summed E-state index contributed by atoms with van der Waals surface area (Å²) in [7, 11) is 1.95. The number of nitrogens with one attached hydrogen (secondary N) is 1. The molecule has 98 valence electrons. The molecule has 0 spiro atoms. The first-order valence-electron chi connectivity index (χ1n) is 6.22. The molecule has 1 saturated carbocycles. The van der Waals surface area contributed by atoms with Gasteiger partial charge in [-0.15, -0.1) is 0 Å². The molecule has 1 aromatic carbocycles. The van der Waals surface area contributed by atoms with Crippen molar-refractivity contribution >= 4 is 17.3 Å². The molecule has 1 aliphatic carbocycles. The number of nitro benzene ring substituents is 1. The quantitative estimate of drug-likeness (QED) is 0.674. The molecule has 5 heteroatoms. The Morgan fingerprint density at radius 1 is 1.50 bits per heavy atom. The number of rotatable bonds is 4. The van der Waals surface area contributed by atoms with Crippen LogP contribution in [0.25, 0.3) is 0 Å². The standard InChI is InChI=1S/C13H17ClN2O2/c1-15-12-6-2-4-9(12)8-10-11(14)5-3-7-13(10)16(17)18/h3,5,7,9,12,15H,2,4,6,8H2,1H3. The number of benzene rings is 1. The molecule has 4 nitrogen and oxygen atoms in total. The monoisotopic (exact) mass is 268 g/mol. The highest BCUT2D eigenvalue weighted by atomic mass is 35.5. The van der Waals surface area contributed by atoms with Crippen molar-refractivity contribution in [2.45, 2.75) is 31.7 Å². The Hall–Kier alpha value is -1.13. The first kappa shape index (κ1) is 13.3. The molecule has 0 radical (unpaired) electrons. The largest absolute Gasteiger partial charge is 0.317 e. The lowest BCUT2D eigenvalue weighted by molar-refractivity contribution is -0.385. The van der Waals surface area contributed by atoms with Gasteiger partial charge in [-0.2, -0.15) is 0 Å². The van der Waals surface area contributed by atoms with Crippen molar-refractivity contribution in [3.05, 3.63) is 38.9 Å². The van der Waals surface area contributed by atoms with Crippen molar-refractivity contribution < 1.29 is 4.92 Å². The van der Waals surface area contributed by atoms with Gasteiger partial charge in [0.05, 0.1) is 9.95 Å². The molecule has 0 saturated heterocycles. The molecule has 1 N–H and O–H groups in total. The lowest BCUT2D eigenvalue weighted by atomic mass is 9.93. The van der Waals surface area contributed by atoms with Crippen molar-refractivity contribution in [1.82, 2.24) is 5.32 Å².